The van der Waals surface area contributed by atoms with Gasteiger partial charge in [0.15, 0.2) is 6.61 Å². The summed E-state index contributed by atoms with van der Waals surface area (Å²) in [4.78, 5) is 11.1. The monoisotopic (exact) mass is 386 g/mol. The number of nitrogens with one attached hydrogen (secondary N) is 2. The van der Waals surface area contributed by atoms with Crippen molar-refractivity contribution in [3.63, 3.8) is 0 Å². The van der Waals surface area contributed by atoms with Crippen LogP contribution in [0.5, 0.6) is 5.75 Å². The highest BCUT2D eigenvalue weighted by Crippen LogP contribution is 2.34. The van der Waals surface area contributed by atoms with Gasteiger partial charge in [-0.1, -0.05) is 6.07 Å². The minimum absolute atomic E-state index is 0.0194. The number of hydrogen-bond acceptors (Lipinski definition) is 4. The summed E-state index contributed by atoms with van der Waals surface area (Å²) in [6, 6.07) is 6.92. The molecule has 10 heteroatoms. The molecule has 0 spiro atoms. The lowest BCUT2D eigenvalue weighted by atomic mass is 10.1. The Hall–Kier alpha value is -2.75. The summed E-state index contributed by atoms with van der Waals surface area (Å²) in [6.07, 6.45) is -4.60. The molecule has 26 heavy (non-hydrogen) atoms. The van der Waals surface area contributed by atoms with Gasteiger partial charge in [0.25, 0.3) is 15.9 Å². The number of ether oxygens (including phenoxy) is 1. The van der Waals surface area contributed by atoms with Gasteiger partial charge in [-0.3, -0.25) is 9.52 Å². The van der Waals surface area contributed by atoms with Gasteiger partial charge in [0, 0.05) is 5.69 Å². The third-order valence-electron chi connectivity index (χ3n) is 3.69. The first-order chi connectivity index (χ1) is 12.1. The van der Waals surface area contributed by atoms with Crippen LogP contribution in [0.15, 0.2) is 41.3 Å². The van der Waals surface area contributed by atoms with Crippen molar-refractivity contribution in [2.24, 2.45) is 0 Å². The Balaban J connectivity index is 1.93. The Morgan fingerprint density at radius 2 is 1.88 bits per heavy atom. The predicted molar refractivity (Wildman–Crippen MR) is 87.6 cm³/mol. The number of amides is 1. The highest BCUT2D eigenvalue weighted by molar-refractivity contribution is 7.92. The van der Waals surface area contributed by atoms with Gasteiger partial charge in [-0.25, -0.2) is 8.42 Å². The second kappa shape index (κ2) is 6.20. The zero-order valence-electron chi connectivity index (χ0n) is 13.3. The summed E-state index contributed by atoms with van der Waals surface area (Å²) in [5.41, 5.74) is -0.997. The van der Waals surface area contributed by atoms with E-state index in [1.165, 1.54) is 37.3 Å². The highest BCUT2D eigenvalue weighted by atomic mass is 32.2. The fraction of sp³-hybridized carbons (Fsp3) is 0.188. The number of alkyl halides is 3. The molecule has 138 valence electrons. The summed E-state index contributed by atoms with van der Waals surface area (Å²) in [5.74, 6) is -0.133. The van der Waals surface area contributed by atoms with Crippen LogP contribution < -0.4 is 14.8 Å². The van der Waals surface area contributed by atoms with E-state index in [0.29, 0.717) is 5.75 Å². The summed E-state index contributed by atoms with van der Waals surface area (Å²) in [5, 5.41) is 2.47. The molecular formula is C16H13F3N2O4S. The molecule has 0 unspecified atom stereocenters. The lowest BCUT2D eigenvalue weighted by molar-refractivity contribution is -0.138. The Kier molecular flexibility index (Phi) is 4.31. The highest BCUT2D eigenvalue weighted by Gasteiger charge is 2.33. The Morgan fingerprint density at radius 1 is 1.15 bits per heavy atom. The second-order valence-electron chi connectivity index (χ2n) is 5.63. The van der Waals surface area contributed by atoms with E-state index in [9.17, 15) is 26.4 Å². The number of hydrogen-bond donors (Lipinski definition) is 2. The van der Waals surface area contributed by atoms with Gasteiger partial charge in [-0.15, -0.1) is 0 Å². The van der Waals surface area contributed by atoms with E-state index in [2.05, 4.69) is 10.0 Å². The molecule has 1 heterocycles. The molecule has 0 atom stereocenters. The number of aryl methyl sites for hydroxylation is 1. The smallest absolute Gasteiger partial charge is 0.416 e. The molecule has 1 aliphatic heterocycles. The Morgan fingerprint density at radius 3 is 2.58 bits per heavy atom. The lowest BCUT2D eigenvalue weighted by Crippen LogP contribution is -2.25. The lowest BCUT2D eigenvalue weighted by Gasteiger charge is -2.19. The van der Waals surface area contributed by atoms with Crippen LogP contribution in [0.3, 0.4) is 0 Å². The number of anilines is 2. The summed E-state index contributed by atoms with van der Waals surface area (Å²) >= 11 is 0. The minimum Gasteiger partial charge on any atom is -0.482 e. The van der Waals surface area contributed by atoms with Crippen LogP contribution in [-0.4, -0.2) is 20.9 Å². The SMILES string of the molecule is Cc1ccc(NS(=O)(=O)c2ccc3c(c2)NC(=O)CO3)cc1C(F)(F)F. The molecular weight excluding hydrogens is 373 g/mol. The maximum absolute atomic E-state index is 13.0. The molecule has 0 saturated carbocycles. The van der Waals surface area contributed by atoms with E-state index in [-0.39, 0.29) is 28.4 Å². The predicted octanol–water partition coefficient (Wildman–Crippen LogP) is 3.15. The van der Waals surface area contributed by atoms with Crippen LogP contribution in [0.4, 0.5) is 24.5 Å². The number of benzene rings is 2. The molecule has 0 aromatic heterocycles. The fourth-order valence-electron chi connectivity index (χ4n) is 2.43. The summed E-state index contributed by atoms with van der Waals surface area (Å²) < 4.78 is 71.1. The Labute approximate surface area is 147 Å². The summed E-state index contributed by atoms with van der Waals surface area (Å²) in [6.45, 7) is 1.11. The van der Waals surface area contributed by atoms with Crippen LogP contribution in [0.2, 0.25) is 0 Å². The summed E-state index contributed by atoms with van der Waals surface area (Å²) in [7, 11) is -4.16. The average Bonchev–Trinajstić information content (AvgIpc) is 2.54. The molecule has 0 radical (unpaired) electrons. The first-order valence-electron chi connectivity index (χ1n) is 7.34. The molecule has 2 N–H and O–H groups in total. The van der Waals surface area contributed by atoms with Crippen LogP contribution in [0, 0.1) is 6.92 Å². The maximum atomic E-state index is 13.0. The molecule has 6 nitrogen and oxygen atoms in total. The van der Waals surface area contributed by atoms with Crippen molar-refractivity contribution in [2.75, 3.05) is 16.6 Å². The Bertz CT molecular complexity index is 987. The number of rotatable bonds is 3. The number of fused-ring (bicyclic) bond motifs is 1. The zero-order valence-corrected chi connectivity index (χ0v) is 14.2. The number of sulfonamides is 1. The third kappa shape index (κ3) is 3.59. The van der Waals surface area contributed by atoms with Crippen LogP contribution in [0.1, 0.15) is 11.1 Å². The maximum Gasteiger partial charge on any atom is 0.416 e. The van der Waals surface area contributed by atoms with Crippen molar-refractivity contribution in [2.45, 2.75) is 18.0 Å². The van der Waals surface area contributed by atoms with Gasteiger partial charge >= 0.3 is 6.18 Å². The number of carbonyl (C=O) groups is 1. The fourth-order valence-corrected chi connectivity index (χ4v) is 3.51. The first kappa shape index (κ1) is 18.1. The van der Waals surface area contributed by atoms with Crippen molar-refractivity contribution in [3.05, 3.63) is 47.5 Å². The van der Waals surface area contributed by atoms with E-state index >= 15 is 0 Å². The van der Waals surface area contributed by atoms with Crippen LogP contribution in [0.25, 0.3) is 0 Å². The van der Waals surface area contributed by atoms with E-state index in [0.717, 1.165) is 6.07 Å². The molecule has 0 fully saturated rings. The molecule has 3 rings (SSSR count). The van der Waals surface area contributed by atoms with Gasteiger partial charge in [0.05, 0.1) is 16.1 Å². The van der Waals surface area contributed by atoms with Crippen molar-refractivity contribution in [3.8, 4) is 5.75 Å². The van der Waals surface area contributed by atoms with E-state index in [4.69, 9.17) is 4.74 Å². The van der Waals surface area contributed by atoms with E-state index < -0.39 is 27.7 Å². The second-order valence-corrected chi connectivity index (χ2v) is 7.31. The standard InChI is InChI=1S/C16H13F3N2O4S/c1-9-2-3-10(6-12(9)16(17,18)19)21-26(23,24)11-4-5-14-13(7-11)20-15(22)8-25-14/h2-7,21H,8H2,1H3,(H,20,22). The topological polar surface area (TPSA) is 84.5 Å². The van der Waals surface area contributed by atoms with E-state index in [1.807, 2.05) is 0 Å². The molecule has 1 aliphatic rings. The number of carbonyl (C=O) groups excluding carboxylic acids is 1. The largest absolute Gasteiger partial charge is 0.482 e. The van der Waals surface area contributed by atoms with E-state index in [1.54, 1.807) is 0 Å². The first-order valence-corrected chi connectivity index (χ1v) is 8.82. The van der Waals surface area contributed by atoms with Gasteiger partial charge in [-0.2, -0.15) is 13.2 Å². The molecule has 0 aliphatic carbocycles. The third-order valence-corrected chi connectivity index (χ3v) is 5.07. The minimum atomic E-state index is -4.60. The van der Waals surface area contributed by atoms with Crippen molar-refractivity contribution < 1.29 is 31.1 Å². The van der Waals surface area contributed by atoms with Crippen molar-refractivity contribution in [1.82, 2.24) is 0 Å². The van der Waals surface area contributed by atoms with Crippen LogP contribution >= 0.6 is 0 Å². The van der Waals surface area contributed by atoms with Crippen molar-refractivity contribution in [1.29, 1.82) is 0 Å². The van der Waals surface area contributed by atoms with Crippen molar-refractivity contribution >= 4 is 27.3 Å². The molecule has 2 aromatic carbocycles. The quantitative estimate of drug-likeness (QED) is 0.849. The van der Waals surface area contributed by atoms with Gasteiger partial charge in [0.1, 0.15) is 5.75 Å². The normalized spacial score (nSPS) is 14.2. The van der Waals surface area contributed by atoms with Gasteiger partial charge in [0.2, 0.25) is 0 Å². The molecule has 2 aromatic rings. The van der Waals surface area contributed by atoms with Crippen LogP contribution in [-0.2, 0) is 21.0 Å². The van der Waals surface area contributed by atoms with Gasteiger partial charge in [-0.05, 0) is 42.8 Å². The molecule has 1 amide bonds. The molecule has 0 bridgehead atoms. The average molecular weight is 386 g/mol. The number of halogens is 3. The molecule has 0 saturated heterocycles. The zero-order chi connectivity index (χ0) is 19.1. The van der Waals surface area contributed by atoms with Gasteiger partial charge < -0.3 is 10.1 Å².